The van der Waals surface area contributed by atoms with Crippen molar-refractivity contribution in [2.45, 2.75) is 0 Å². The fourth-order valence-corrected chi connectivity index (χ4v) is 1.27. The summed E-state index contributed by atoms with van der Waals surface area (Å²) in [5, 5.41) is 5.67. The van der Waals surface area contributed by atoms with Crippen molar-refractivity contribution in [2.75, 3.05) is 5.32 Å². The molecule has 0 aromatic carbocycles. The molecule has 5 heteroatoms. The van der Waals surface area contributed by atoms with Gasteiger partial charge in [-0.2, -0.15) is 0 Å². The van der Waals surface area contributed by atoms with Crippen LogP contribution >= 0.6 is 11.3 Å². The monoisotopic (exact) mass is 178 g/mol. The average molecular weight is 178 g/mol. The Morgan fingerprint density at radius 3 is 2.58 bits per heavy atom. The van der Waals surface area contributed by atoms with Crippen LogP contribution in [0.4, 0.5) is 11.1 Å². The first-order valence-electron chi connectivity index (χ1n) is 3.39. The maximum absolute atomic E-state index is 4.04. The van der Waals surface area contributed by atoms with Crippen LogP contribution in [0.3, 0.4) is 0 Å². The van der Waals surface area contributed by atoms with Crippen LogP contribution in [-0.4, -0.2) is 15.0 Å². The summed E-state index contributed by atoms with van der Waals surface area (Å²) in [6.45, 7) is 0. The third-order valence-corrected chi connectivity index (χ3v) is 1.91. The highest BCUT2D eigenvalue weighted by Gasteiger charge is 1.96. The van der Waals surface area contributed by atoms with Crippen molar-refractivity contribution in [2.24, 2.45) is 0 Å². The predicted octanol–water partition coefficient (Wildman–Crippen LogP) is 1.68. The minimum Gasteiger partial charge on any atom is -0.300 e. The van der Waals surface area contributed by atoms with Gasteiger partial charge >= 0.3 is 0 Å². The molecule has 0 saturated heterocycles. The number of rotatable bonds is 2. The fraction of sp³-hybridized carbons (Fsp3) is 0. The van der Waals surface area contributed by atoms with E-state index < -0.39 is 0 Å². The molecule has 2 rings (SSSR count). The zero-order valence-electron chi connectivity index (χ0n) is 6.14. The second kappa shape index (κ2) is 3.27. The molecule has 0 amide bonds. The van der Waals surface area contributed by atoms with E-state index in [1.54, 1.807) is 24.7 Å². The number of nitrogens with zero attached hydrogens (tertiary/aromatic N) is 3. The maximum Gasteiger partial charge on any atom is 0.228 e. The first kappa shape index (κ1) is 7.17. The average Bonchev–Trinajstić information content (AvgIpc) is 2.59. The molecule has 0 saturated carbocycles. The molecular weight excluding hydrogens is 172 g/mol. The van der Waals surface area contributed by atoms with E-state index in [1.807, 2.05) is 5.38 Å². The molecule has 4 nitrogen and oxygen atoms in total. The smallest absolute Gasteiger partial charge is 0.228 e. The molecule has 0 aliphatic rings. The zero-order chi connectivity index (χ0) is 8.23. The Morgan fingerprint density at radius 2 is 1.92 bits per heavy atom. The Bertz CT molecular complexity index is 332. The minimum absolute atomic E-state index is 0.576. The third kappa shape index (κ3) is 1.57. The predicted molar refractivity (Wildman–Crippen MR) is 47.4 cm³/mol. The van der Waals surface area contributed by atoms with Gasteiger partial charge in [-0.15, -0.1) is 11.3 Å². The molecule has 12 heavy (non-hydrogen) atoms. The van der Waals surface area contributed by atoms with E-state index in [0.717, 1.165) is 5.13 Å². The number of hydrogen-bond acceptors (Lipinski definition) is 5. The summed E-state index contributed by atoms with van der Waals surface area (Å²) in [6.07, 6.45) is 5.10. The van der Waals surface area contributed by atoms with Crippen LogP contribution in [-0.2, 0) is 0 Å². The molecule has 0 radical (unpaired) electrons. The standard InChI is InChI=1S/C7H6N4S/c1-2-8-6(9-3-1)11-7-10-4-5-12-7/h1-5H,(H,8,9,10,11). The van der Waals surface area contributed by atoms with Crippen LogP contribution in [0.15, 0.2) is 30.0 Å². The third-order valence-electron chi connectivity index (χ3n) is 1.22. The topological polar surface area (TPSA) is 50.7 Å². The van der Waals surface area contributed by atoms with Gasteiger partial charge in [0.05, 0.1) is 0 Å². The van der Waals surface area contributed by atoms with E-state index >= 15 is 0 Å². The first-order valence-corrected chi connectivity index (χ1v) is 4.26. The Labute approximate surface area is 73.3 Å². The summed E-state index contributed by atoms with van der Waals surface area (Å²) in [6, 6.07) is 1.77. The highest BCUT2D eigenvalue weighted by molar-refractivity contribution is 7.13. The molecule has 2 heterocycles. The van der Waals surface area contributed by atoms with Crippen LogP contribution < -0.4 is 5.32 Å². The van der Waals surface area contributed by atoms with E-state index in [0.29, 0.717) is 5.95 Å². The minimum atomic E-state index is 0.576. The number of anilines is 2. The molecule has 2 aromatic heterocycles. The number of thiazole rings is 1. The molecule has 0 aliphatic heterocycles. The summed E-state index contributed by atoms with van der Waals surface area (Å²) in [5.74, 6) is 0.576. The molecule has 0 fully saturated rings. The van der Waals surface area contributed by atoms with E-state index in [4.69, 9.17) is 0 Å². The lowest BCUT2D eigenvalue weighted by Gasteiger charge is -1.96. The van der Waals surface area contributed by atoms with E-state index in [1.165, 1.54) is 11.3 Å². The summed E-state index contributed by atoms with van der Waals surface area (Å²) in [4.78, 5) is 12.0. The van der Waals surface area contributed by atoms with Gasteiger partial charge in [-0.1, -0.05) is 0 Å². The van der Waals surface area contributed by atoms with Crippen LogP contribution in [0.5, 0.6) is 0 Å². The van der Waals surface area contributed by atoms with E-state index in [9.17, 15) is 0 Å². The number of hydrogen-bond donors (Lipinski definition) is 1. The SMILES string of the molecule is c1cnc(Nc2nccs2)nc1. The number of aromatic nitrogens is 3. The normalized spacial score (nSPS) is 9.67. The maximum atomic E-state index is 4.04. The lowest BCUT2D eigenvalue weighted by Crippen LogP contribution is -1.94. The fourth-order valence-electron chi connectivity index (χ4n) is 0.744. The molecule has 0 aliphatic carbocycles. The lowest BCUT2D eigenvalue weighted by atomic mass is 10.7. The van der Waals surface area contributed by atoms with Gasteiger partial charge in [-0.25, -0.2) is 15.0 Å². The highest BCUT2D eigenvalue weighted by Crippen LogP contribution is 2.13. The summed E-state index contributed by atoms with van der Waals surface area (Å²) in [5.41, 5.74) is 0. The molecule has 0 spiro atoms. The van der Waals surface area contributed by atoms with Crippen molar-refractivity contribution in [1.29, 1.82) is 0 Å². The van der Waals surface area contributed by atoms with Crippen molar-refractivity contribution in [3.05, 3.63) is 30.0 Å². The Hall–Kier alpha value is -1.49. The Morgan fingerprint density at radius 1 is 1.08 bits per heavy atom. The number of nitrogens with one attached hydrogen (secondary N) is 1. The summed E-state index contributed by atoms with van der Waals surface area (Å²) in [7, 11) is 0. The van der Waals surface area contributed by atoms with Gasteiger partial charge in [0.1, 0.15) is 0 Å². The zero-order valence-corrected chi connectivity index (χ0v) is 6.95. The second-order valence-electron chi connectivity index (χ2n) is 2.03. The molecule has 0 atom stereocenters. The second-order valence-corrected chi connectivity index (χ2v) is 2.93. The van der Waals surface area contributed by atoms with Crippen LogP contribution in [0.2, 0.25) is 0 Å². The summed E-state index contributed by atoms with van der Waals surface area (Å²) < 4.78 is 0. The van der Waals surface area contributed by atoms with Crippen molar-refractivity contribution in [3.8, 4) is 0 Å². The largest absolute Gasteiger partial charge is 0.300 e. The van der Waals surface area contributed by atoms with Gasteiger partial charge in [-0.3, -0.25) is 0 Å². The lowest BCUT2D eigenvalue weighted by molar-refractivity contribution is 1.16. The van der Waals surface area contributed by atoms with Gasteiger partial charge in [0, 0.05) is 24.0 Å². The van der Waals surface area contributed by atoms with Crippen LogP contribution in [0.1, 0.15) is 0 Å². The molecule has 60 valence electrons. The molecule has 0 bridgehead atoms. The van der Waals surface area contributed by atoms with Gasteiger partial charge in [0.25, 0.3) is 0 Å². The van der Waals surface area contributed by atoms with Crippen molar-refractivity contribution >= 4 is 22.4 Å². The van der Waals surface area contributed by atoms with Crippen molar-refractivity contribution in [3.63, 3.8) is 0 Å². The quantitative estimate of drug-likeness (QED) is 0.760. The summed E-state index contributed by atoms with van der Waals surface area (Å²) >= 11 is 1.52. The highest BCUT2D eigenvalue weighted by atomic mass is 32.1. The molecule has 2 aromatic rings. The van der Waals surface area contributed by atoms with Gasteiger partial charge in [0.15, 0.2) is 5.13 Å². The van der Waals surface area contributed by atoms with Gasteiger partial charge < -0.3 is 5.32 Å². The molecule has 1 N–H and O–H groups in total. The van der Waals surface area contributed by atoms with Crippen LogP contribution in [0, 0.1) is 0 Å². The van der Waals surface area contributed by atoms with Crippen molar-refractivity contribution in [1.82, 2.24) is 15.0 Å². The van der Waals surface area contributed by atoms with Gasteiger partial charge in [0.2, 0.25) is 5.95 Å². The van der Waals surface area contributed by atoms with Gasteiger partial charge in [-0.05, 0) is 6.07 Å². The first-order chi connectivity index (χ1) is 5.95. The van der Waals surface area contributed by atoms with Crippen molar-refractivity contribution < 1.29 is 0 Å². The van der Waals surface area contributed by atoms with E-state index in [-0.39, 0.29) is 0 Å². The van der Waals surface area contributed by atoms with E-state index in [2.05, 4.69) is 20.3 Å². The molecule has 0 unspecified atom stereocenters. The molecular formula is C7H6N4S. The Balaban J connectivity index is 2.15. The van der Waals surface area contributed by atoms with Crippen LogP contribution in [0.25, 0.3) is 0 Å². The Kier molecular flexibility index (Phi) is 1.96.